The van der Waals surface area contributed by atoms with Gasteiger partial charge in [0.15, 0.2) is 5.11 Å². The first-order chi connectivity index (χ1) is 11.5. The molecule has 0 saturated carbocycles. The van der Waals surface area contributed by atoms with E-state index in [1.807, 2.05) is 24.3 Å². The number of hydrogen-bond donors (Lipinski definition) is 2. The van der Waals surface area contributed by atoms with Crippen molar-refractivity contribution in [3.63, 3.8) is 0 Å². The molecule has 126 valence electrons. The number of benzene rings is 2. The Bertz CT molecular complexity index is 710. The van der Waals surface area contributed by atoms with Gasteiger partial charge in [-0.15, -0.1) is 0 Å². The van der Waals surface area contributed by atoms with Crippen LogP contribution < -0.4 is 15.4 Å². The number of thiocarbonyl (C=S) groups is 1. The van der Waals surface area contributed by atoms with E-state index in [2.05, 4.69) is 56.2 Å². The Morgan fingerprint density at radius 2 is 1.88 bits per heavy atom. The SMILES string of the molecule is C=CCOc1ccc(NC(=S)N[C@H](C)c2ccc(C)c(C)c2)cc1. The average Bonchev–Trinajstić information content (AvgIpc) is 2.56. The van der Waals surface area contributed by atoms with Crippen molar-refractivity contribution in [1.29, 1.82) is 0 Å². The number of nitrogens with one attached hydrogen (secondary N) is 2. The Morgan fingerprint density at radius 3 is 2.50 bits per heavy atom. The molecule has 2 aromatic rings. The fraction of sp³-hybridized carbons (Fsp3) is 0.250. The molecule has 0 spiro atoms. The normalized spacial score (nSPS) is 11.5. The smallest absolute Gasteiger partial charge is 0.171 e. The second-order valence-corrected chi connectivity index (χ2v) is 6.20. The summed E-state index contributed by atoms with van der Waals surface area (Å²) in [4.78, 5) is 0. The lowest BCUT2D eigenvalue weighted by Crippen LogP contribution is -2.30. The van der Waals surface area contributed by atoms with Gasteiger partial charge < -0.3 is 15.4 Å². The molecular weight excluding hydrogens is 316 g/mol. The van der Waals surface area contributed by atoms with Crippen molar-refractivity contribution in [2.24, 2.45) is 0 Å². The van der Waals surface area contributed by atoms with Crippen molar-refractivity contribution in [1.82, 2.24) is 5.32 Å². The highest BCUT2D eigenvalue weighted by Crippen LogP contribution is 2.18. The van der Waals surface area contributed by atoms with Crippen molar-refractivity contribution >= 4 is 23.0 Å². The lowest BCUT2D eigenvalue weighted by atomic mass is 10.0. The van der Waals surface area contributed by atoms with Crippen LogP contribution in [-0.4, -0.2) is 11.7 Å². The minimum absolute atomic E-state index is 0.138. The third kappa shape index (κ3) is 5.10. The summed E-state index contributed by atoms with van der Waals surface area (Å²) >= 11 is 5.41. The molecule has 0 heterocycles. The van der Waals surface area contributed by atoms with E-state index in [9.17, 15) is 0 Å². The van der Waals surface area contributed by atoms with Gasteiger partial charge in [0.25, 0.3) is 0 Å². The molecule has 0 aromatic heterocycles. The molecule has 0 saturated heterocycles. The fourth-order valence-electron chi connectivity index (χ4n) is 2.27. The zero-order chi connectivity index (χ0) is 17.5. The van der Waals surface area contributed by atoms with Gasteiger partial charge in [-0.05, 0) is 73.9 Å². The first-order valence-electron chi connectivity index (χ1n) is 7.98. The number of ether oxygens (including phenoxy) is 1. The highest BCUT2D eigenvalue weighted by atomic mass is 32.1. The molecule has 0 radical (unpaired) electrons. The van der Waals surface area contributed by atoms with Gasteiger partial charge in [0.1, 0.15) is 12.4 Å². The predicted molar refractivity (Wildman–Crippen MR) is 106 cm³/mol. The summed E-state index contributed by atoms with van der Waals surface area (Å²) in [6, 6.07) is 14.3. The van der Waals surface area contributed by atoms with Crippen LogP contribution >= 0.6 is 12.2 Å². The maximum atomic E-state index is 5.46. The molecule has 0 amide bonds. The predicted octanol–water partition coefficient (Wildman–Crippen LogP) is 4.92. The Morgan fingerprint density at radius 1 is 1.17 bits per heavy atom. The van der Waals surface area contributed by atoms with E-state index >= 15 is 0 Å². The Hall–Kier alpha value is -2.33. The first kappa shape index (κ1) is 18.0. The van der Waals surface area contributed by atoms with Crippen molar-refractivity contribution in [3.05, 3.63) is 71.8 Å². The lowest BCUT2D eigenvalue weighted by molar-refractivity contribution is 0.363. The molecule has 3 nitrogen and oxygen atoms in total. The van der Waals surface area contributed by atoms with E-state index < -0.39 is 0 Å². The largest absolute Gasteiger partial charge is 0.490 e. The van der Waals surface area contributed by atoms with Crippen LogP contribution in [0.5, 0.6) is 5.75 Å². The zero-order valence-electron chi connectivity index (χ0n) is 14.4. The lowest BCUT2D eigenvalue weighted by Gasteiger charge is -2.18. The monoisotopic (exact) mass is 340 g/mol. The van der Waals surface area contributed by atoms with Crippen LogP contribution in [-0.2, 0) is 0 Å². The molecule has 2 rings (SSSR count). The van der Waals surface area contributed by atoms with Crippen LogP contribution in [0.3, 0.4) is 0 Å². The van der Waals surface area contributed by atoms with Crippen molar-refractivity contribution in [2.45, 2.75) is 26.8 Å². The number of anilines is 1. The molecule has 0 bridgehead atoms. The molecule has 4 heteroatoms. The fourth-order valence-corrected chi connectivity index (χ4v) is 2.57. The summed E-state index contributed by atoms with van der Waals surface area (Å²) in [5.41, 5.74) is 4.72. The standard InChI is InChI=1S/C20H24N2OS/c1-5-12-23-19-10-8-18(9-11-19)22-20(24)21-16(4)17-7-6-14(2)15(3)13-17/h5-11,13,16H,1,12H2,2-4H3,(H2,21,22,24)/t16-/m1/s1. The van der Waals surface area contributed by atoms with E-state index in [0.717, 1.165) is 11.4 Å². The van der Waals surface area contributed by atoms with E-state index in [0.29, 0.717) is 11.7 Å². The average molecular weight is 340 g/mol. The molecule has 0 fully saturated rings. The van der Waals surface area contributed by atoms with Gasteiger partial charge in [-0.2, -0.15) is 0 Å². The molecule has 0 unspecified atom stereocenters. The summed E-state index contributed by atoms with van der Waals surface area (Å²) < 4.78 is 5.46. The van der Waals surface area contributed by atoms with E-state index in [1.54, 1.807) is 6.08 Å². The van der Waals surface area contributed by atoms with Gasteiger partial charge in [0.2, 0.25) is 0 Å². The van der Waals surface area contributed by atoms with Gasteiger partial charge in [0.05, 0.1) is 6.04 Å². The van der Waals surface area contributed by atoms with Crippen LogP contribution in [0.25, 0.3) is 0 Å². The van der Waals surface area contributed by atoms with Crippen molar-refractivity contribution in [2.75, 3.05) is 11.9 Å². The maximum Gasteiger partial charge on any atom is 0.171 e. The Balaban J connectivity index is 1.92. The molecule has 0 aliphatic carbocycles. The zero-order valence-corrected chi connectivity index (χ0v) is 15.2. The van der Waals surface area contributed by atoms with E-state index in [1.165, 1.54) is 16.7 Å². The Labute approximate surface area is 149 Å². The van der Waals surface area contributed by atoms with Gasteiger partial charge in [0, 0.05) is 5.69 Å². The highest BCUT2D eigenvalue weighted by molar-refractivity contribution is 7.80. The summed E-state index contributed by atoms with van der Waals surface area (Å²) in [5, 5.41) is 7.11. The van der Waals surface area contributed by atoms with Crippen LogP contribution in [0.1, 0.15) is 29.7 Å². The quantitative estimate of drug-likeness (QED) is 0.578. The molecule has 24 heavy (non-hydrogen) atoms. The maximum absolute atomic E-state index is 5.46. The summed E-state index contributed by atoms with van der Waals surface area (Å²) in [6.45, 7) is 10.5. The van der Waals surface area contributed by atoms with Gasteiger partial charge in [-0.25, -0.2) is 0 Å². The van der Waals surface area contributed by atoms with Crippen molar-refractivity contribution < 1.29 is 4.74 Å². The van der Waals surface area contributed by atoms with Crippen LogP contribution in [0.2, 0.25) is 0 Å². The molecule has 0 aliphatic heterocycles. The minimum atomic E-state index is 0.138. The molecule has 1 atom stereocenters. The topological polar surface area (TPSA) is 33.3 Å². The minimum Gasteiger partial charge on any atom is -0.490 e. The number of hydrogen-bond acceptors (Lipinski definition) is 2. The third-order valence-electron chi connectivity index (χ3n) is 3.86. The van der Waals surface area contributed by atoms with Crippen LogP contribution in [0.4, 0.5) is 5.69 Å². The molecule has 0 aliphatic rings. The molecule has 2 aromatic carbocycles. The van der Waals surface area contributed by atoms with Gasteiger partial charge in [-0.3, -0.25) is 0 Å². The second kappa shape index (κ2) is 8.50. The first-order valence-corrected chi connectivity index (χ1v) is 8.39. The van der Waals surface area contributed by atoms with E-state index in [-0.39, 0.29) is 6.04 Å². The van der Waals surface area contributed by atoms with Gasteiger partial charge in [-0.1, -0.05) is 30.9 Å². The summed E-state index contributed by atoms with van der Waals surface area (Å²) in [6.07, 6.45) is 1.72. The number of rotatable bonds is 6. The van der Waals surface area contributed by atoms with Crippen LogP contribution in [0, 0.1) is 13.8 Å². The third-order valence-corrected chi connectivity index (χ3v) is 4.08. The van der Waals surface area contributed by atoms with Gasteiger partial charge >= 0.3 is 0 Å². The van der Waals surface area contributed by atoms with Crippen molar-refractivity contribution in [3.8, 4) is 5.75 Å². The second-order valence-electron chi connectivity index (χ2n) is 5.79. The highest BCUT2D eigenvalue weighted by Gasteiger charge is 2.08. The number of aryl methyl sites for hydroxylation is 2. The Kier molecular flexibility index (Phi) is 6.38. The van der Waals surface area contributed by atoms with E-state index in [4.69, 9.17) is 17.0 Å². The molecule has 2 N–H and O–H groups in total. The summed E-state index contributed by atoms with van der Waals surface area (Å²) in [5.74, 6) is 0.808. The summed E-state index contributed by atoms with van der Waals surface area (Å²) in [7, 11) is 0. The van der Waals surface area contributed by atoms with Crippen LogP contribution in [0.15, 0.2) is 55.1 Å². The molecular formula is C20H24N2OS.